The lowest BCUT2D eigenvalue weighted by Crippen LogP contribution is -1.98. The zero-order valence-electron chi connectivity index (χ0n) is 27.0. The summed E-state index contributed by atoms with van der Waals surface area (Å²) in [5.41, 5.74) is 9.91. The SMILES string of the molecule is c1ccc(-c2cc(-c3ccccc3)nc(-c3ccc(-c4cc(-c5cccc6ccccc56)cc(-c5nccc6ccccc56)n4)nc3)n2)cc1. The molecule has 0 spiro atoms. The number of hydrogen-bond acceptors (Lipinski definition) is 5. The van der Waals surface area contributed by atoms with Gasteiger partial charge < -0.3 is 0 Å². The van der Waals surface area contributed by atoms with Gasteiger partial charge in [0.15, 0.2) is 5.82 Å². The molecule has 5 aromatic carbocycles. The summed E-state index contributed by atoms with van der Waals surface area (Å²) in [5, 5.41) is 4.53. The van der Waals surface area contributed by atoms with Crippen LogP contribution in [-0.2, 0) is 0 Å². The molecule has 50 heavy (non-hydrogen) atoms. The third kappa shape index (κ3) is 5.57. The van der Waals surface area contributed by atoms with Crippen LogP contribution in [0.15, 0.2) is 176 Å². The Bertz CT molecular complexity index is 2470. The Morgan fingerprint density at radius 2 is 0.960 bits per heavy atom. The lowest BCUT2D eigenvalue weighted by atomic mass is 9.96. The Balaban J connectivity index is 1.18. The van der Waals surface area contributed by atoms with Gasteiger partial charge in [0.2, 0.25) is 0 Å². The zero-order chi connectivity index (χ0) is 33.3. The van der Waals surface area contributed by atoms with Crippen LogP contribution in [0.25, 0.3) is 89.4 Å². The van der Waals surface area contributed by atoms with Crippen molar-refractivity contribution >= 4 is 21.5 Å². The predicted molar refractivity (Wildman–Crippen MR) is 203 cm³/mol. The van der Waals surface area contributed by atoms with Gasteiger partial charge in [-0.1, -0.05) is 127 Å². The summed E-state index contributed by atoms with van der Waals surface area (Å²) in [6.45, 7) is 0. The molecule has 234 valence electrons. The Morgan fingerprint density at radius 3 is 1.66 bits per heavy atom. The molecule has 0 bridgehead atoms. The highest BCUT2D eigenvalue weighted by Crippen LogP contribution is 2.35. The molecule has 0 saturated carbocycles. The third-order valence-corrected chi connectivity index (χ3v) is 8.99. The number of pyridine rings is 3. The summed E-state index contributed by atoms with van der Waals surface area (Å²) >= 11 is 0. The maximum absolute atomic E-state index is 5.18. The van der Waals surface area contributed by atoms with Crippen LogP contribution in [0.4, 0.5) is 0 Å². The first-order valence-electron chi connectivity index (χ1n) is 16.6. The van der Waals surface area contributed by atoms with Crippen molar-refractivity contribution in [2.24, 2.45) is 0 Å². The smallest absolute Gasteiger partial charge is 0.161 e. The second-order valence-electron chi connectivity index (χ2n) is 12.2. The van der Waals surface area contributed by atoms with Crippen molar-refractivity contribution in [3.8, 4) is 67.8 Å². The van der Waals surface area contributed by atoms with E-state index in [2.05, 4.69) is 91.0 Å². The molecular formula is C45H29N5. The molecular weight excluding hydrogens is 611 g/mol. The molecule has 0 radical (unpaired) electrons. The first-order chi connectivity index (χ1) is 24.8. The number of benzene rings is 5. The van der Waals surface area contributed by atoms with Crippen LogP contribution >= 0.6 is 0 Å². The molecule has 5 nitrogen and oxygen atoms in total. The molecule has 5 heteroatoms. The van der Waals surface area contributed by atoms with E-state index in [1.165, 1.54) is 10.8 Å². The van der Waals surface area contributed by atoms with Gasteiger partial charge >= 0.3 is 0 Å². The van der Waals surface area contributed by atoms with Crippen LogP contribution in [0.1, 0.15) is 0 Å². The molecule has 0 saturated heterocycles. The molecule has 4 heterocycles. The summed E-state index contributed by atoms with van der Waals surface area (Å²) in [5.74, 6) is 0.613. The molecule has 4 aromatic heterocycles. The quantitative estimate of drug-likeness (QED) is 0.181. The van der Waals surface area contributed by atoms with Gasteiger partial charge in [-0.25, -0.2) is 15.0 Å². The van der Waals surface area contributed by atoms with Crippen molar-refractivity contribution in [3.63, 3.8) is 0 Å². The second kappa shape index (κ2) is 12.6. The molecule has 0 unspecified atom stereocenters. The van der Waals surface area contributed by atoms with E-state index in [-0.39, 0.29) is 0 Å². The fourth-order valence-corrected chi connectivity index (χ4v) is 6.51. The minimum absolute atomic E-state index is 0.613. The van der Waals surface area contributed by atoms with Crippen LogP contribution in [0.5, 0.6) is 0 Å². The van der Waals surface area contributed by atoms with E-state index < -0.39 is 0 Å². The van der Waals surface area contributed by atoms with Crippen LogP contribution in [0, 0.1) is 0 Å². The van der Waals surface area contributed by atoms with E-state index >= 15 is 0 Å². The van der Waals surface area contributed by atoms with Gasteiger partial charge in [0.1, 0.15) is 0 Å². The van der Waals surface area contributed by atoms with Gasteiger partial charge in [0.05, 0.1) is 34.2 Å². The summed E-state index contributed by atoms with van der Waals surface area (Å²) < 4.78 is 0. The van der Waals surface area contributed by atoms with Crippen LogP contribution in [0.2, 0.25) is 0 Å². The van der Waals surface area contributed by atoms with Crippen molar-refractivity contribution in [1.29, 1.82) is 0 Å². The van der Waals surface area contributed by atoms with Gasteiger partial charge in [-0.15, -0.1) is 0 Å². The van der Waals surface area contributed by atoms with Crippen molar-refractivity contribution in [2.45, 2.75) is 0 Å². The predicted octanol–water partition coefficient (Wildman–Crippen LogP) is 11.0. The Hall–Kier alpha value is -6.85. The Kier molecular flexibility index (Phi) is 7.41. The molecule has 9 aromatic rings. The highest BCUT2D eigenvalue weighted by atomic mass is 14.9. The van der Waals surface area contributed by atoms with Crippen LogP contribution in [0.3, 0.4) is 0 Å². The maximum Gasteiger partial charge on any atom is 0.161 e. The van der Waals surface area contributed by atoms with Crippen molar-refractivity contribution in [1.82, 2.24) is 24.9 Å². The van der Waals surface area contributed by atoms with E-state index in [0.717, 1.165) is 72.8 Å². The minimum atomic E-state index is 0.613. The van der Waals surface area contributed by atoms with E-state index in [9.17, 15) is 0 Å². The Labute approximate surface area is 289 Å². The van der Waals surface area contributed by atoms with E-state index in [4.69, 9.17) is 24.9 Å². The largest absolute Gasteiger partial charge is 0.254 e. The lowest BCUT2D eigenvalue weighted by molar-refractivity contribution is 1.17. The number of nitrogens with zero attached hydrogens (tertiary/aromatic N) is 5. The number of fused-ring (bicyclic) bond motifs is 2. The van der Waals surface area contributed by atoms with Crippen LogP contribution in [-0.4, -0.2) is 24.9 Å². The average molecular weight is 640 g/mol. The second-order valence-corrected chi connectivity index (χ2v) is 12.2. The van der Waals surface area contributed by atoms with Gasteiger partial charge in [-0.05, 0) is 63.7 Å². The van der Waals surface area contributed by atoms with Crippen molar-refractivity contribution in [3.05, 3.63) is 176 Å². The fourth-order valence-electron chi connectivity index (χ4n) is 6.51. The van der Waals surface area contributed by atoms with E-state index in [1.54, 1.807) is 0 Å². The topological polar surface area (TPSA) is 64.5 Å². The van der Waals surface area contributed by atoms with E-state index in [1.807, 2.05) is 85.2 Å². The summed E-state index contributed by atoms with van der Waals surface area (Å²) in [6.07, 6.45) is 3.69. The number of rotatable bonds is 6. The molecule has 0 amide bonds. The molecule has 0 aliphatic carbocycles. The fraction of sp³-hybridized carbons (Fsp3) is 0. The number of hydrogen-bond donors (Lipinski definition) is 0. The molecule has 0 fully saturated rings. The van der Waals surface area contributed by atoms with Crippen molar-refractivity contribution < 1.29 is 0 Å². The number of aromatic nitrogens is 5. The first kappa shape index (κ1) is 29.3. The first-order valence-corrected chi connectivity index (χ1v) is 16.6. The van der Waals surface area contributed by atoms with Crippen molar-refractivity contribution in [2.75, 3.05) is 0 Å². The summed E-state index contributed by atoms with van der Waals surface area (Å²) in [6, 6.07) is 56.0. The summed E-state index contributed by atoms with van der Waals surface area (Å²) in [4.78, 5) is 25.0. The average Bonchev–Trinajstić information content (AvgIpc) is 3.21. The highest BCUT2D eigenvalue weighted by molar-refractivity contribution is 5.99. The molecule has 0 N–H and O–H groups in total. The maximum atomic E-state index is 5.18. The van der Waals surface area contributed by atoms with Gasteiger partial charge in [0.25, 0.3) is 0 Å². The lowest BCUT2D eigenvalue weighted by Gasteiger charge is -2.13. The summed E-state index contributed by atoms with van der Waals surface area (Å²) in [7, 11) is 0. The molecule has 0 aliphatic heterocycles. The zero-order valence-corrected chi connectivity index (χ0v) is 27.0. The Morgan fingerprint density at radius 1 is 0.340 bits per heavy atom. The van der Waals surface area contributed by atoms with Gasteiger partial charge in [0, 0.05) is 34.5 Å². The monoisotopic (exact) mass is 639 g/mol. The van der Waals surface area contributed by atoms with Gasteiger partial charge in [-0.2, -0.15) is 0 Å². The molecule has 0 atom stereocenters. The third-order valence-electron chi connectivity index (χ3n) is 8.99. The normalized spacial score (nSPS) is 11.2. The van der Waals surface area contributed by atoms with Crippen LogP contribution < -0.4 is 0 Å². The van der Waals surface area contributed by atoms with E-state index in [0.29, 0.717) is 5.82 Å². The highest BCUT2D eigenvalue weighted by Gasteiger charge is 2.16. The minimum Gasteiger partial charge on any atom is -0.254 e. The molecule has 9 rings (SSSR count). The standard InChI is InChI=1S/C45H29N5/c1-3-14-32(15-4-1)40-28-41(33-16-5-2-6-17-33)50-45(49-40)34-22-23-39(47-29-34)42-26-35(37-21-11-18-30-12-7-9-19-36(30)37)27-43(48-42)44-38-20-10-8-13-31(38)24-25-46-44/h1-29H. The van der Waals surface area contributed by atoms with Gasteiger partial charge in [-0.3, -0.25) is 9.97 Å². The molecule has 0 aliphatic rings.